The van der Waals surface area contributed by atoms with Crippen molar-refractivity contribution in [3.05, 3.63) is 69.6 Å². The first-order chi connectivity index (χ1) is 9.20. The lowest BCUT2D eigenvalue weighted by Gasteiger charge is -2.09. The molecule has 0 aliphatic rings. The Kier molecular flexibility index (Phi) is 4.17. The maximum Gasteiger partial charge on any atom is 0.251 e. The van der Waals surface area contributed by atoms with Crippen LogP contribution >= 0.6 is 0 Å². The number of rotatable bonds is 2. The lowest BCUT2D eigenvalue weighted by molar-refractivity contribution is 0.350. The van der Waals surface area contributed by atoms with Crippen molar-refractivity contribution in [1.29, 1.82) is 0 Å². The zero-order chi connectivity index (χ0) is 13.7. The molecule has 0 bridgehead atoms. The number of nitrogens with zero attached hydrogens (tertiary/aromatic N) is 1. The van der Waals surface area contributed by atoms with Crippen LogP contribution in [0.25, 0.3) is 0 Å². The summed E-state index contributed by atoms with van der Waals surface area (Å²) < 4.78 is 1.72. The first-order valence-corrected chi connectivity index (χ1v) is 6.06. The molecular formula is C16H15NO2. The van der Waals surface area contributed by atoms with Crippen molar-refractivity contribution in [3.8, 4) is 11.8 Å². The third-order valence-electron chi connectivity index (χ3n) is 2.85. The molecule has 0 saturated heterocycles. The van der Waals surface area contributed by atoms with Gasteiger partial charge in [-0.15, -0.1) is 0 Å². The summed E-state index contributed by atoms with van der Waals surface area (Å²) in [6, 6.07) is 12.9. The number of aryl methyl sites for hydroxylation is 1. The molecule has 0 atom stereocenters. The third kappa shape index (κ3) is 3.34. The maximum atomic E-state index is 11.8. The summed E-state index contributed by atoms with van der Waals surface area (Å²) in [5.74, 6) is 5.48. The van der Waals surface area contributed by atoms with Crippen LogP contribution in [0.1, 0.15) is 16.8 Å². The molecule has 19 heavy (non-hydrogen) atoms. The number of aliphatic hydroxyl groups excluding tert-OH is 1. The Balaban J connectivity index is 2.31. The van der Waals surface area contributed by atoms with Crippen LogP contribution in [0.5, 0.6) is 0 Å². The van der Waals surface area contributed by atoms with E-state index in [1.165, 1.54) is 0 Å². The molecular weight excluding hydrogens is 238 g/mol. The highest BCUT2D eigenvalue weighted by molar-refractivity contribution is 5.37. The smallest absolute Gasteiger partial charge is 0.251 e. The van der Waals surface area contributed by atoms with E-state index in [0.29, 0.717) is 6.54 Å². The summed E-state index contributed by atoms with van der Waals surface area (Å²) in [6.07, 6.45) is 0. The highest BCUT2D eigenvalue weighted by Gasteiger charge is 2.01. The number of aromatic nitrogens is 1. The Morgan fingerprint density at radius 2 is 2.00 bits per heavy atom. The minimum absolute atomic E-state index is 0.00755. The molecule has 0 aliphatic carbocycles. The van der Waals surface area contributed by atoms with E-state index in [4.69, 9.17) is 5.11 Å². The number of hydrogen-bond acceptors (Lipinski definition) is 2. The first kappa shape index (κ1) is 13.1. The van der Waals surface area contributed by atoms with Gasteiger partial charge in [0.2, 0.25) is 0 Å². The van der Waals surface area contributed by atoms with E-state index in [-0.39, 0.29) is 12.2 Å². The Hall–Kier alpha value is -2.31. The second-order valence-electron chi connectivity index (χ2n) is 4.25. The van der Waals surface area contributed by atoms with E-state index < -0.39 is 0 Å². The number of pyridine rings is 1. The molecule has 0 spiro atoms. The summed E-state index contributed by atoms with van der Waals surface area (Å²) in [6.45, 7) is 2.29. The fourth-order valence-corrected chi connectivity index (χ4v) is 1.90. The fourth-order valence-electron chi connectivity index (χ4n) is 1.90. The van der Waals surface area contributed by atoms with Crippen molar-refractivity contribution in [2.24, 2.45) is 0 Å². The van der Waals surface area contributed by atoms with E-state index in [1.54, 1.807) is 16.7 Å². The largest absolute Gasteiger partial charge is 0.384 e. The molecule has 0 saturated carbocycles. The molecule has 1 aromatic carbocycles. The Bertz CT molecular complexity index is 690. The Morgan fingerprint density at radius 3 is 2.74 bits per heavy atom. The monoisotopic (exact) mass is 253 g/mol. The number of benzene rings is 1. The van der Waals surface area contributed by atoms with Gasteiger partial charge in [0.15, 0.2) is 0 Å². The fraction of sp³-hybridized carbons (Fsp3) is 0.188. The minimum atomic E-state index is -0.151. The Labute approximate surface area is 112 Å². The Morgan fingerprint density at radius 1 is 1.21 bits per heavy atom. The average Bonchev–Trinajstić information content (AvgIpc) is 2.41. The van der Waals surface area contributed by atoms with Gasteiger partial charge in [-0.3, -0.25) is 4.79 Å². The lowest BCUT2D eigenvalue weighted by Crippen LogP contribution is -2.21. The van der Waals surface area contributed by atoms with Crippen LogP contribution in [0.3, 0.4) is 0 Å². The molecule has 2 rings (SSSR count). The lowest BCUT2D eigenvalue weighted by atomic mass is 10.1. The molecule has 3 nitrogen and oxygen atoms in total. The molecule has 3 heteroatoms. The number of hydrogen-bond donors (Lipinski definition) is 1. The molecule has 0 fully saturated rings. The van der Waals surface area contributed by atoms with Gasteiger partial charge in [-0.1, -0.05) is 30.0 Å². The summed E-state index contributed by atoms with van der Waals surface area (Å²) >= 11 is 0. The van der Waals surface area contributed by atoms with Crippen molar-refractivity contribution in [2.45, 2.75) is 13.5 Å². The van der Waals surface area contributed by atoms with Gasteiger partial charge in [-0.2, -0.15) is 0 Å². The highest BCUT2D eigenvalue weighted by Crippen LogP contribution is 2.07. The van der Waals surface area contributed by atoms with Crippen LogP contribution in [-0.2, 0) is 6.54 Å². The quantitative estimate of drug-likeness (QED) is 0.825. The van der Waals surface area contributed by atoms with Crippen LogP contribution in [0.4, 0.5) is 0 Å². The zero-order valence-corrected chi connectivity index (χ0v) is 10.8. The second kappa shape index (κ2) is 6.03. The van der Waals surface area contributed by atoms with Crippen molar-refractivity contribution >= 4 is 0 Å². The molecule has 1 N–H and O–H groups in total. The molecule has 0 aliphatic heterocycles. The average molecular weight is 253 g/mol. The van der Waals surface area contributed by atoms with Gasteiger partial charge in [0.05, 0.1) is 6.54 Å². The SMILES string of the molecule is Cc1cccc(=O)n1Cc1cccc(C#CCO)c1. The van der Waals surface area contributed by atoms with Gasteiger partial charge in [-0.25, -0.2) is 0 Å². The van der Waals surface area contributed by atoms with Crippen molar-refractivity contribution in [3.63, 3.8) is 0 Å². The van der Waals surface area contributed by atoms with Gasteiger partial charge in [0, 0.05) is 17.3 Å². The van der Waals surface area contributed by atoms with E-state index in [1.807, 2.05) is 37.3 Å². The molecule has 0 amide bonds. The predicted octanol–water partition coefficient (Wildman–Crippen LogP) is 1.55. The maximum absolute atomic E-state index is 11.8. The molecule has 1 heterocycles. The van der Waals surface area contributed by atoms with Gasteiger partial charge in [-0.05, 0) is 30.7 Å². The van der Waals surface area contributed by atoms with Gasteiger partial charge in [0.25, 0.3) is 5.56 Å². The van der Waals surface area contributed by atoms with E-state index in [0.717, 1.165) is 16.8 Å². The van der Waals surface area contributed by atoms with E-state index >= 15 is 0 Å². The van der Waals surface area contributed by atoms with Crippen LogP contribution in [0.15, 0.2) is 47.3 Å². The molecule has 2 aromatic rings. The van der Waals surface area contributed by atoms with Crippen molar-refractivity contribution in [2.75, 3.05) is 6.61 Å². The molecule has 0 unspecified atom stereocenters. The van der Waals surface area contributed by atoms with E-state index in [9.17, 15) is 4.79 Å². The predicted molar refractivity (Wildman–Crippen MR) is 74.9 cm³/mol. The summed E-state index contributed by atoms with van der Waals surface area (Å²) in [7, 11) is 0. The molecule has 0 radical (unpaired) electrons. The van der Waals surface area contributed by atoms with Crippen molar-refractivity contribution in [1.82, 2.24) is 4.57 Å². The zero-order valence-electron chi connectivity index (χ0n) is 10.8. The minimum Gasteiger partial charge on any atom is -0.384 e. The highest BCUT2D eigenvalue weighted by atomic mass is 16.2. The van der Waals surface area contributed by atoms with Crippen LogP contribution in [0.2, 0.25) is 0 Å². The van der Waals surface area contributed by atoms with Gasteiger partial charge < -0.3 is 9.67 Å². The third-order valence-corrected chi connectivity index (χ3v) is 2.85. The molecule has 96 valence electrons. The van der Waals surface area contributed by atoms with Crippen LogP contribution in [0, 0.1) is 18.8 Å². The van der Waals surface area contributed by atoms with Gasteiger partial charge in [0.1, 0.15) is 6.61 Å². The standard InChI is InChI=1S/C16H15NO2/c1-13-5-2-9-16(19)17(13)12-15-7-3-6-14(11-15)8-4-10-18/h2-3,5-7,9,11,18H,10,12H2,1H3. The summed E-state index contributed by atoms with van der Waals surface area (Å²) in [4.78, 5) is 11.8. The normalized spacial score (nSPS) is 9.79. The van der Waals surface area contributed by atoms with Gasteiger partial charge >= 0.3 is 0 Å². The first-order valence-electron chi connectivity index (χ1n) is 6.06. The summed E-state index contributed by atoms with van der Waals surface area (Å²) in [5.41, 5.74) is 2.78. The molecule has 1 aromatic heterocycles. The van der Waals surface area contributed by atoms with Crippen molar-refractivity contribution < 1.29 is 5.11 Å². The topological polar surface area (TPSA) is 42.2 Å². The van der Waals surface area contributed by atoms with E-state index in [2.05, 4.69) is 11.8 Å². The van der Waals surface area contributed by atoms with Crippen LogP contribution in [-0.4, -0.2) is 16.3 Å². The number of aliphatic hydroxyl groups is 1. The second-order valence-corrected chi connectivity index (χ2v) is 4.25. The van der Waals surface area contributed by atoms with Crippen LogP contribution < -0.4 is 5.56 Å². The summed E-state index contributed by atoms with van der Waals surface area (Å²) in [5, 5.41) is 8.69.